The van der Waals surface area contributed by atoms with Crippen molar-refractivity contribution in [2.75, 3.05) is 0 Å². The first-order valence-electron chi connectivity index (χ1n) is 16.1. The molecule has 5 heteroatoms. The van der Waals surface area contributed by atoms with Crippen molar-refractivity contribution in [3.8, 4) is 33.8 Å². The minimum absolute atomic E-state index is 0. The Hall–Kier alpha value is -4.48. The van der Waals surface area contributed by atoms with Gasteiger partial charge in [0.25, 0.3) is 0 Å². The number of benzene rings is 5. The van der Waals surface area contributed by atoms with Crippen LogP contribution in [0.2, 0.25) is 0 Å². The summed E-state index contributed by atoms with van der Waals surface area (Å²) in [5.74, 6) is 1.00. The zero-order valence-corrected chi connectivity index (χ0v) is 32.9. The van der Waals surface area contributed by atoms with Crippen molar-refractivity contribution in [2.24, 2.45) is 0 Å². The predicted molar refractivity (Wildman–Crippen MR) is 205 cm³/mol. The summed E-state index contributed by atoms with van der Waals surface area (Å²) in [6.07, 6.45) is 0. The molecule has 0 unspecified atom stereocenters. The molecule has 0 saturated heterocycles. The predicted octanol–water partition coefficient (Wildman–Crippen LogP) is 12.6. The number of aromatic nitrogens is 2. The molecule has 7 aromatic rings. The van der Waals surface area contributed by atoms with Gasteiger partial charge in [0.1, 0.15) is 5.75 Å². The van der Waals surface area contributed by atoms with Crippen LogP contribution in [0.4, 0.5) is 5.69 Å². The second kappa shape index (κ2) is 15.8. The van der Waals surface area contributed by atoms with Crippen molar-refractivity contribution in [2.45, 2.75) is 46.1 Å². The molecule has 0 atom stereocenters. The van der Waals surface area contributed by atoms with Gasteiger partial charge < -0.3 is 29.8 Å². The van der Waals surface area contributed by atoms with Gasteiger partial charge in [-0.1, -0.05) is 142 Å². The van der Waals surface area contributed by atoms with Gasteiger partial charge in [0.15, 0.2) is 0 Å². The molecular formula is C44H44HfN3O-3. The Labute approximate surface area is 310 Å². The number of phenolic OH excluding ortho intramolecular Hbond substituents is 1. The monoisotopic (exact) mass is 810 g/mol. The fourth-order valence-electron chi connectivity index (χ4n) is 6.62. The number of aromatic hydroxyl groups is 1. The number of para-hydroxylation sites is 4. The van der Waals surface area contributed by atoms with Gasteiger partial charge >= 0.3 is 0 Å². The third kappa shape index (κ3) is 7.00. The smallest absolute Gasteiger partial charge is 0.147 e. The summed E-state index contributed by atoms with van der Waals surface area (Å²) in [7, 11) is 0. The van der Waals surface area contributed by atoms with Crippen LogP contribution in [0.3, 0.4) is 0 Å². The second-order valence-electron chi connectivity index (χ2n) is 12.5. The van der Waals surface area contributed by atoms with E-state index in [-0.39, 0.29) is 46.4 Å². The summed E-state index contributed by atoms with van der Waals surface area (Å²) in [4.78, 5) is 5.10. The third-order valence-corrected chi connectivity index (χ3v) is 8.88. The van der Waals surface area contributed by atoms with Gasteiger partial charge in [-0.25, -0.2) is 0 Å². The van der Waals surface area contributed by atoms with Gasteiger partial charge in [0.05, 0.1) is 22.4 Å². The fraction of sp³-hybridized carbons (Fsp3) is 0.159. The van der Waals surface area contributed by atoms with Crippen molar-refractivity contribution >= 4 is 27.5 Å². The van der Waals surface area contributed by atoms with Gasteiger partial charge in [-0.05, 0) is 47.7 Å². The van der Waals surface area contributed by atoms with Crippen LogP contribution in [0.5, 0.6) is 5.75 Å². The van der Waals surface area contributed by atoms with E-state index in [1.54, 1.807) is 0 Å². The average molecular weight is 809 g/mol. The molecule has 0 aliphatic heterocycles. The van der Waals surface area contributed by atoms with Crippen LogP contribution in [0.1, 0.15) is 56.4 Å². The molecule has 2 heterocycles. The van der Waals surface area contributed by atoms with Crippen LogP contribution in [0.15, 0.2) is 127 Å². The van der Waals surface area contributed by atoms with Crippen molar-refractivity contribution in [1.29, 1.82) is 0 Å². The molecular weight excluding hydrogens is 765 g/mol. The van der Waals surface area contributed by atoms with Crippen molar-refractivity contribution in [3.05, 3.63) is 164 Å². The SMILES string of the molecule is CC(C)c1cccc(C(C)C)c1[N-]Cc1cccc(-c2ccccc2-c2cccc(-n3c4ccccc4c4ccccc43)c2O)n1.[CH3-].[CH3-].[Hf]. The van der Waals surface area contributed by atoms with Crippen LogP contribution in [0.25, 0.3) is 55.2 Å². The van der Waals surface area contributed by atoms with Crippen LogP contribution in [-0.2, 0) is 32.4 Å². The Morgan fingerprint density at radius 3 is 1.71 bits per heavy atom. The molecule has 0 bridgehead atoms. The molecule has 7 rings (SSSR count). The van der Waals surface area contributed by atoms with E-state index < -0.39 is 0 Å². The summed E-state index contributed by atoms with van der Waals surface area (Å²) >= 11 is 0. The topological polar surface area (TPSA) is 52.2 Å². The first kappa shape index (κ1) is 37.3. The van der Waals surface area contributed by atoms with Crippen LogP contribution in [0, 0.1) is 14.9 Å². The van der Waals surface area contributed by atoms with Crippen LogP contribution in [-0.4, -0.2) is 14.7 Å². The van der Waals surface area contributed by atoms with Crippen LogP contribution >= 0.6 is 0 Å². The summed E-state index contributed by atoms with van der Waals surface area (Å²) in [5.41, 5.74) is 10.9. The molecule has 0 fully saturated rings. The Morgan fingerprint density at radius 2 is 1.10 bits per heavy atom. The van der Waals surface area contributed by atoms with Gasteiger partial charge in [-0.2, -0.15) is 0 Å². The molecule has 4 nitrogen and oxygen atoms in total. The Balaban J connectivity index is 0.00000180. The molecule has 0 aliphatic carbocycles. The number of nitrogens with zero attached hydrogens (tertiary/aromatic N) is 3. The second-order valence-corrected chi connectivity index (χ2v) is 12.5. The van der Waals surface area contributed by atoms with E-state index in [2.05, 4.69) is 105 Å². The largest absolute Gasteiger partial charge is 0.679 e. The number of fused-ring (bicyclic) bond motifs is 3. The normalized spacial score (nSPS) is 10.9. The Kier molecular flexibility index (Phi) is 12.1. The molecule has 49 heavy (non-hydrogen) atoms. The third-order valence-electron chi connectivity index (χ3n) is 8.88. The minimum Gasteiger partial charge on any atom is -0.679 e. The van der Waals surface area contributed by atoms with Gasteiger partial charge in [-0.3, -0.25) is 4.98 Å². The number of hydrogen-bond acceptors (Lipinski definition) is 2. The van der Waals surface area contributed by atoms with E-state index in [4.69, 9.17) is 10.3 Å². The summed E-state index contributed by atoms with van der Waals surface area (Å²) < 4.78 is 2.16. The first-order valence-corrected chi connectivity index (χ1v) is 16.1. The van der Waals surface area contributed by atoms with E-state index >= 15 is 0 Å². The maximum absolute atomic E-state index is 12.0. The maximum Gasteiger partial charge on any atom is 0.147 e. The molecule has 0 spiro atoms. The van der Waals surface area contributed by atoms with Crippen molar-refractivity contribution in [1.82, 2.24) is 9.55 Å². The average Bonchev–Trinajstić information content (AvgIpc) is 3.41. The maximum atomic E-state index is 12.0. The van der Waals surface area contributed by atoms with E-state index in [0.717, 1.165) is 61.3 Å². The Morgan fingerprint density at radius 1 is 0.592 bits per heavy atom. The molecule has 1 N–H and O–H groups in total. The van der Waals surface area contributed by atoms with Gasteiger partial charge in [-0.15, -0.1) is 5.69 Å². The fourth-order valence-corrected chi connectivity index (χ4v) is 6.62. The molecule has 2 aromatic heterocycles. The number of pyridine rings is 1. The molecule has 0 aliphatic rings. The quantitative estimate of drug-likeness (QED) is 0.123. The number of hydrogen-bond donors (Lipinski definition) is 1. The molecule has 248 valence electrons. The molecule has 0 saturated carbocycles. The summed E-state index contributed by atoms with van der Waals surface area (Å²) in [6.45, 7) is 9.38. The zero-order chi connectivity index (χ0) is 31.8. The van der Waals surface area contributed by atoms with Crippen LogP contribution < -0.4 is 0 Å². The van der Waals surface area contributed by atoms with Gasteiger partial charge in [0.2, 0.25) is 0 Å². The summed E-state index contributed by atoms with van der Waals surface area (Å²) in [5, 5.41) is 19.4. The standard InChI is InChI=1S/C42H38N3O.2CH3.Hf/c1-27(2)30-19-12-20-31(28(3)4)41(30)43-26-29-14-11-22-37(44-29)33-16-6-5-15-32(33)36-21-13-25-40(42(36)46)45-38-23-9-7-17-34(38)35-18-8-10-24-39(35)45;;;/h5-25,27-28H,26H2,1-4H3,(H,44,46);2*1H3;/q3*-1;. The molecule has 5 aromatic carbocycles. The number of rotatable bonds is 8. The van der Waals surface area contributed by atoms with E-state index in [0.29, 0.717) is 18.4 Å². The Bertz CT molecular complexity index is 2120. The van der Waals surface area contributed by atoms with Crippen molar-refractivity contribution in [3.63, 3.8) is 0 Å². The number of phenols is 1. The molecule has 0 radical (unpaired) electrons. The minimum atomic E-state index is 0. The van der Waals surface area contributed by atoms with E-state index in [1.165, 1.54) is 11.1 Å². The first-order chi connectivity index (χ1) is 22.4. The zero-order valence-electron chi connectivity index (χ0n) is 29.3. The summed E-state index contributed by atoms with van der Waals surface area (Å²) in [6, 6.07) is 43.6. The molecule has 0 amide bonds. The van der Waals surface area contributed by atoms with E-state index in [9.17, 15) is 5.11 Å². The van der Waals surface area contributed by atoms with E-state index in [1.807, 2.05) is 54.6 Å². The van der Waals surface area contributed by atoms with Gasteiger partial charge in [0, 0.05) is 53.4 Å². The van der Waals surface area contributed by atoms with Crippen molar-refractivity contribution < 1.29 is 30.9 Å².